The van der Waals surface area contributed by atoms with Gasteiger partial charge in [-0.1, -0.05) is 29.3 Å². The van der Waals surface area contributed by atoms with E-state index in [1.807, 2.05) is 43.2 Å². The van der Waals surface area contributed by atoms with Crippen LogP contribution < -0.4 is 5.32 Å². The highest BCUT2D eigenvalue weighted by Gasteiger charge is 2.30. The normalized spacial score (nSPS) is 17.2. The number of carbonyl (C=O) groups excluding carboxylic acids is 1. The quantitative estimate of drug-likeness (QED) is 0.776. The van der Waals surface area contributed by atoms with Gasteiger partial charge >= 0.3 is 0 Å². The molecule has 0 bridgehead atoms. The first-order valence-corrected chi connectivity index (χ1v) is 8.56. The third kappa shape index (κ3) is 4.46. The van der Waals surface area contributed by atoms with E-state index < -0.39 is 6.04 Å². The Kier molecular flexibility index (Phi) is 6.58. The summed E-state index contributed by atoms with van der Waals surface area (Å²) in [6, 6.07) is 5.18. The Balaban J connectivity index is 1.85. The lowest BCUT2D eigenvalue weighted by Gasteiger charge is -2.32. The molecule has 1 heterocycles. The number of allylic oxidation sites excluding steroid dienone is 3. The van der Waals surface area contributed by atoms with Crippen molar-refractivity contribution in [3.05, 3.63) is 57.4 Å². The highest BCUT2D eigenvalue weighted by Crippen LogP contribution is 2.23. The van der Waals surface area contributed by atoms with E-state index >= 15 is 0 Å². The molecule has 0 aromatic heterocycles. The molecular weight excluding hydrogens is 347 g/mol. The predicted octanol–water partition coefficient (Wildman–Crippen LogP) is 3.79. The average Bonchev–Trinajstić information content (AvgIpc) is 2.56. The number of nitrogens with zero attached hydrogens (tertiary/aromatic N) is 1. The number of likely N-dealkylation sites (N-methyl/N-ethyl adjacent to an activating group) is 1. The van der Waals surface area contributed by atoms with E-state index in [4.69, 9.17) is 27.9 Å². The minimum atomic E-state index is -0.426. The van der Waals surface area contributed by atoms with Gasteiger partial charge in [0, 0.05) is 19.3 Å². The van der Waals surface area contributed by atoms with Crippen LogP contribution in [0.5, 0.6) is 0 Å². The highest BCUT2D eigenvalue weighted by atomic mass is 35.5. The summed E-state index contributed by atoms with van der Waals surface area (Å²) in [7, 11) is 3.47. The van der Waals surface area contributed by atoms with Crippen LogP contribution in [0.3, 0.4) is 0 Å². The molecule has 6 heteroatoms. The van der Waals surface area contributed by atoms with Crippen LogP contribution in [-0.4, -0.2) is 37.6 Å². The summed E-state index contributed by atoms with van der Waals surface area (Å²) in [5, 5.41) is 4.08. The van der Waals surface area contributed by atoms with Gasteiger partial charge in [0.05, 0.1) is 17.2 Å². The zero-order valence-electron chi connectivity index (χ0n) is 14.1. The standard InChI is InChI=1S/C18H22Cl2N2O2/c1-12-6-9-16(24-3)17(22(12)2)18(23)21-10-4-5-13-7-8-14(19)15(20)11-13/h6-9,11,17H,4-5,10H2,1-3H3,(H,21,23). The molecule has 0 fully saturated rings. The molecule has 130 valence electrons. The number of carbonyl (C=O) groups is 1. The first-order chi connectivity index (χ1) is 11.4. The van der Waals surface area contributed by atoms with Gasteiger partial charge in [0.1, 0.15) is 5.76 Å². The van der Waals surface area contributed by atoms with Crippen molar-refractivity contribution in [3.8, 4) is 0 Å². The zero-order valence-corrected chi connectivity index (χ0v) is 15.6. The van der Waals surface area contributed by atoms with Crippen molar-refractivity contribution in [1.82, 2.24) is 10.2 Å². The number of ether oxygens (including phenoxy) is 1. The van der Waals surface area contributed by atoms with Crippen LogP contribution >= 0.6 is 23.2 Å². The second-order valence-corrected chi connectivity index (χ2v) is 6.55. The molecule has 0 spiro atoms. The SMILES string of the molecule is COC1=CC=C(C)N(C)C1C(=O)NCCCc1ccc(Cl)c(Cl)c1. The topological polar surface area (TPSA) is 41.6 Å². The summed E-state index contributed by atoms with van der Waals surface area (Å²) >= 11 is 11.9. The Hall–Kier alpha value is -1.65. The second kappa shape index (κ2) is 8.45. The molecule has 1 aliphatic heterocycles. The smallest absolute Gasteiger partial charge is 0.250 e. The van der Waals surface area contributed by atoms with E-state index in [1.165, 1.54) is 0 Å². The lowest BCUT2D eigenvalue weighted by molar-refractivity contribution is -0.125. The number of halogens is 2. The fraction of sp³-hybridized carbons (Fsp3) is 0.389. The van der Waals surface area contributed by atoms with Crippen molar-refractivity contribution in [2.45, 2.75) is 25.8 Å². The van der Waals surface area contributed by atoms with Crippen molar-refractivity contribution < 1.29 is 9.53 Å². The lowest BCUT2D eigenvalue weighted by atomic mass is 10.1. The first-order valence-electron chi connectivity index (χ1n) is 7.81. The maximum atomic E-state index is 12.5. The van der Waals surface area contributed by atoms with Gasteiger partial charge in [0.2, 0.25) is 0 Å². The van der Waals surface area contributed by atoms with Gasteiger partial charge < -0.3 is 15.0 Å². The highest BCUT2D eigenvalue weighted by molar-refractivity contribution is 6.42. The van der Waals surface area contributed by atoms with Gasteiger partial charge in [-0.25, -0.2) is 0 Å². The summed E-state index contributed by atoms with van der Waals surface area (Å²) in [6.45, 7) is 2.55. The molecule has 1 aromatic rings. The lowest BCUT2D eigenvalue weighted by Crippen LogP contribution is -2.47. The van der Waals surface area contributed by atoms with E-state index in [1.54, 1.807) is 13.2 Å². The van der Waals surface area contributed by atoms with Gasteiger partial charge in [-0.05, 0) is 49.6 Å². The minimum Gasteiger partial charge on any atom is -0.498 e. The van der Waals surface area contributed by atoms with E-state index in [-0.39, 0.29) is 5.91 Å². The molecule has 0 saturated carbocycles. The first kappa shape index (κ1) is 18.7. The molecule has 1 unspecified atom stereocenters. The van der Waals surface area contributed by atoms with E-state index in [9.17, 15) is 4.79 Å². The van der Waals surface area contributed by atoms with Crippen LogP contribution in [0, 0.1) is 0 Å². The minimum absolute atomic E-state index is 0.0628. The summed E-state index contributed by atoms with van der Waals surface area (Å²) < 4.78 is 5.33. The maximum absolute atomic E-state index is 12.5. The molecule has 1 atom stereocenters. The van der Waals surface area contributed by atoms with Crippen molar-refractivity contribution in [2.75, 3.05) is 20.7 Å². The third-order valence-corrected chi connectivity index (χ3v) is 4.85. The molecule has 24 heavy (non-hydrogen) atoms. The van der Waals surface area contributed by atoms with E-state index in [2.05, 4.69) is 5.32 Å². The Bertz CT molecular complexity index is 671. The van der Waals surface area contributed by atoms with Crippen molar-refractivity contribution in [1.29, 1.82) is 0 Å². The molecule has 1 aliphatic rings. The average molecular weight is 369 g/mol. The van der Waals surface area contributed by atoms with Gasteiger partial charge in [0.15, 0.2) is 6.04 Å². The van der Waals surface area contributed by atoms with Crippen LogP contribution in [0.15, 0.2) is 41.8 Å². The van der Waals surface area contributed by atoms with Crippen molar-refractivity contribution in [3.63, 3.8) is 0 Å². The molecule has 1 N–H and O–H groups in total. The maximum Gasteiger partial charge on any atom is 0.250 e. The number of aryl methyl sites for hydroxylation is 1. The molecule has 1 aromatic carbocycles. The molecule has 0 aliphatic carbocycles. The second-order valence-electron chi connectivity index (χ2n) is 5.74. The number of amides is 1. The molecular formula is C18H22Cl2N2O2. The van der Waals surface area contributed by atoms with Crippen LogP contribution in [0.2, 0.25) is 10.0 Å². The summed E-state index contributed by atoms with van der Waals surface area (Å²) in [4.78, 5) is 14.4. The summed E-state index contributed by atoms with van der Waals surface area (Å²) in [5.74, 6) is 0.581. The van der Waals surface area contributed by atoms with Gasteiger partial charge in [-0.15, -0.1) is 0 Å². The monoisotopic (exact) mass is 368 g/mol. The van der Waals surface area contributed by atoms with Gasteiger partial charge in [-0.2, -0.15) is 0 Å². The largest absolute Gasteiger partial charge is 0.498 e. The van der Waals surface area contributed by atoms with Crippen LogP contribution in [0.25, 0.3) is 0 Å². The Morgan fingerprint density at radius 3 is 2.71 bits per heavy atom. The molecule has 1 amide bonds. The zero-order chi connectivity index (χ0) is 17.7. The molecule has 2 rings (SSSR count). The molecule has 0 radical (unpaired) electrons. The number of rotatable bonds is 6. The Labute approximate surface area is 153 Å². The van der Waals surface area contributed by atoms with Gasteiger partial charge in [0.25, 0.3) is 5.91 Å². The Morgan fingerprint density at radius 2 is 2.04 bits per heavy atom. The Morgan fingerprint density at radius 1 is 1.29 bits per heavy atom. The fourth-order valence-corrected chi connectivity index (χ4v) is 2.91. The predicted molar refractivity (Wildman–Crippen MR) is 98.2 cm³/mol. The van der Waals surface area contributed by atoms with Crippen LogP contribution in [-0.2, 0) is 16.0 Å². The molecule has 0 saturated heterocycles. The molecule has 4 nitrogen and oxygen atoms in total. The van der Waals surface area contributed by atoms with E-state index in [0.717, 1.165) is 24.1 Å². The third-order valence-electron chi connectivity index (χ3n) is 4.11. The van der Waals surface area contributed by atoms with E-state index in [0.29, 0.717) is 22.3 Å². The number of methoxy groups -OCH3 is 1. The summed E-state index contributed by atoms with van der Waals surface area (Å²) in [5.41, 5.74) is 2.12. The fourth-order valence-electron chi connectivity index (χ4n) is 2.59. The summed E-state index contributed by atoms with van der Waals surface area (Å²) in [6.07, 6.45) is 5.42. The van der Waals surface area contributed by atoms with Crippen molar-refractivity contribution in [2.24, 2.45) is 0 Å². The van der Waals surface area contributed by atoms with Crippen molar-refractivity contribution >= 4 is 29.1 Å². The number of benzene rings is 1. The van der Waals surface area contributed by atoms with Crippen LogP contribution in [0.4, 0.5) is 0 Å². The van der Waals surface area contributed by atoms with Gasteiger partial charge in [-0.3, -0.25) is 4.79 Å². The number of hydrogen-bond donors (Lipinski definition) is 1. The number of nitrogens with one attached hydrogen (secondary N) is 1. The van der Waals surface area contributed by atoms with Crippen LogP contribution in [0.1, 0.15) is 18.9 Å². The number of hydrogen-bond acceptors (Lipinski definition) is 3.